The Balaban J connectivity index is 1.93. The lowest BCUT2D eigenvalue weighted by molar-refractivity contribution is -0.141. The van der Waals surface area contributed by atoms with E-state index in [1.165, 1.54) is 11.3 Å². The Labute approximate surface area is 144 Å². The van der Waals surface area contributed by atoms with Crippen LogP contribution in [-0.2, 0) is 9.59 Å². The fourth-order valence-electron chi connectivity index (χ4n) is 2.23. The Kier molecular flexibility index (Phi) is 5.87. The number of carbonyl (C=O) groups is 3. The number of thiophene rings is 1. The van der Waals surface area contributed by atoms with Crippen molar-refractivity contribution < 1.29 is 19.5 Å². The Bertz CT molecular complexity index is 752. The Morgan fingerprint density at radius 3 is 2.46 bits per heavy atom. The van der Waals surface area contributed by atoms with E-state index in [-0.39, 0.29) is 18.6 Å². The monoisotopic (exact) mass is 345 g/mol. The maximum Gasteiger partial charge on any atom is 0.331 e. The summed E-state index contributed by atoms with van der Waals surface area (Å²) in [6, 6.07) is 7.74. The van der Waals surface area contributed by atoms with Crippen LogP contribution < -0.4 is 5.32 Å². The minimum atomic E-state index is -1.12. The highest BCUT2D eigenvalue weighted by Crippen LogP contribution is 2.19. The molecule has 1 atom stereocenters. The molecule has 1 aromatic heterocycles. The molecule has 0 fully saturated rings. The Morgan fingerprint density at radius 2 is 1.88 bits per heavy atom. The van der Waals surface area contributed by atoms with Crippen molar-refractivity contribution in [3.63, 3.8) is 0 Å². The lowest BCUT2D eigenvalue weighted by Crippen LogP contribution is -2.33. The van der Waals surface area contributed by atoms with E-state index in [2.05, 4.69) is 5.32 Å². The standard InChI is InChI=1S/C18H19NO4S/c1-11-5-6-13(10-12(11)2)14(20)7-8-16(21)19-17(18(22)23)15-4-3-9-24-15/h3-6,9-10,17H,7-8H2,1-2H3,(H,19,21)(H,22,23). The SMILES string of the molecule is Cc1ccc(C(=O)CCC(=O)NC(C(=O)O)c2cccs2)cc1C. The van der Waals surface area contributed by atoms with Gasteiger partial charge >= 0.3 is 5.97 Å². The summed E-state index contributed by atoms with van der Waals surface area (Å²) in [5.74, 6) is -1.70. The normalized spacial score (nSPS) is 11.8. The smallest absolute Gasteiger partial charge is 0.331 e. The molecule has 6 heteroatoms. The molecule has 0 aliphatic heterocycles. The predicted octanol–water partition coefficient (Wildman–Crippen LogP) is 3.27. The summed E-state index contributed by atoms with van der Waals surface area (Å²) in [6.07, 6.45) is 0.00598. The van der Waals surface area contributed by atoms with Crippen LogP contribution in [0.3, 0.4) is 0 Å². The largest absolute Gasteiger partial charge is 0.479 e. The molecule has 0 aliphatic carbocycles. The summed E-state index contributed by atoms with van der Waals surface area (Å²) >= 11 is 1.26. The first kappa shape index (κ1) is 17.9. The number of Topliss-reactive ketones (excluding diaryl/α,β-unsaturated/α-hetero) is 1. The van der Waals surface area contributed by atoms with Crippen molar-refractivity contribution in [2.75, 3.05) is 0 Å². The summed E-state index contributed by atoms with van der Waals surface area (Å²) in [7, 11) is 0. The first-order valence-electron chi connectivity index (χ1n) is 7.54. The average Bonchev–Trinajstić information content (AvgIpc) is 3.06. The van der Waals surface area contributed by atoms with Gasteiger partial charge < -0.3 is 10.4 Å². The van der Waals surface area contributed by atoms with E-state index in [1.807, 2.05) is 19.9 Å². The van der Waals surface area contributed by atoms with Crippen LogP contribution in [0.1, 0.15) is 45.2 Å². The van der Waals surface area contributed by atoms with Gasteiger partial charge in [0.2, 0.25) is 5.91 Å². The van der Waals surface area contributed by atoms with Gasteiger partial charge in [-0.25, -0.2) is 4.79 Å². The van der Waals surface area contributed by atoms with Gasteiger partial charge in [-0.05, 0) is 42.5 Å². The minimum absolute atomic E-state index is 0.0408. The van der Waals surface area contributed by atoms with Gasteiger partial charge in [0.1, 0.15) is 0 Å². The van der Waals surface area contributed by atoms with Crippen LogP contribution >= 0.6 is 11.3 Å². The van der Waals surface area contributed by atoms with Gasteiger partial charge in [0.25, 0.3) is 0 Å². The second kappa shape index (κ2) is 7.88. The molecular formula is C18H19NO4S. The summed E-state index contributed by atoms with van der Waals surface area (Å²) in [5.41, 5.74) is 2.69. The number of carboxylic acids is 1. The molecule has 2 aromatic rings. The topological polar surface area (TPSA) is 83.5 Å². The van der Waals surface area contributed by atoms with Crippen LogP contribution in [0.4, 0.5) is 0 Å². The molecule has 1 aromatic carbocycles. The highest BCUT2D eigenvalue weighted by molar-refractivity contribution is 7.10. The lowest BCUT2D eigenvalue weighted by Gasteiger charge is -2.12. The highest BCUT2D eigenvalue weighted by atomic mass is 32.1. The Hall–Kier alpha value is -2.47. The number of amides is 1. The fraction of sp³-hybridized carbons (Fsp3) is 0.278. The van der Waals surface area contributed by atoms with Crippen molar-refractivity contribution in [1.29, 1.82) is 0 Å². The molecule has 0 spiro atoms. The van der Waals surface area contributed by atoms with Crippen LogP contribution in [-0.4, -0.2) is 22.8 Å². The lowest BCUT2D eigenvalue weighted by atomic mass is 10.0. The van der Waals surface area contributed by atoms with Gasteiger partial charge in [-0.15, -0.1) is 11.3 Å². The second-order valence-corrected chi connectivity index (χ2v) is 6.56. The van der Waals surface area contributed by atoms with Crippen molar-refractivity contribution in [2.24, 2.45) is 0 Å². The molecule has 1 amide bonds. The number of carboxylic acid groups (broad SMARTS) is 1. The number of hydrogen-bond donors (Lipinski definition) is 2. The van der Waals surface area contributed by atoms with Crippen molar-refractivity contribution in [2.45, 2.75) is 32.7 Å². The third-order valence-electron chi connectivity index (χ3n) is 3.79. The molecule has 24 heavy (non-hydrogen) atoms. The number of hydrogen-bond acceptors (Lipinski definition) is 4. The number of rotatable bonds is 7. The predicted molar refractivity (Wildman–Crippen MR) is 92.3 cm³/mol. The molecule has 5 nitrogen and oxygen atoms in total. The average molecular weight is 345 g/mol. The number of nitrogens with one attached hydrogen (secondary N) is 1. The third-order valence-corrected chi connectivity index (χ3v) is 4.73. The number of aryl methyl sites for hydroxylation is 2. The highest BCUT2D eigenvalue weighted by Gasteiger charge is 2.23. The van der Waals surface area contributed by atoms with Gasteiger partial charge in [0, 0.05) is 23.3 Å². The van der Waals surface area contributed by atoms with Crippen LogP contribution in [0.2, 0.25) is 0 Å². The van der Waals surface area contributed by atoms with E-state index in [0.29, 0.717) is 10.4 Å². The zero-order valence-electron chi connectivity index (χ0n) is 13.5. The molecule has 0 radical (unpaired) electrons. The van der Waals surface area contributed by atoms with E-state index in [0.717, 1.165) is 11.1 Å². The zero-order valence-corrected chi connectivity index (χ0v) is 14.4. The van der Waals surface area contributed by atoms with Gasteiger partial charge in [0.05, 0.1) is 0 Å². The second-order valence-electron chi connectivity index (χ2n) is 5.58. The maximum absolute atomic E-state index is 12.2. The molecule has 2 rings (SSSR count). The summed E-state index contributed by atoms with van der Waals surface area (Å²) in [6.45, 7) is 3.89. The molecule has 0 saturated carbocycles. The molecule has 1 heterocycles. The molecule has 0 bridgehead atoms. The van der Waals surface area contributed by atoms with Gasteiger partial charge in [-0.1, -0.05) is 18.2 Å². The molecule has 1 unspecified atom stereocenters. The van der Waals surface area contributed by atoms with Crippen LogP contribution in [0.5, 0.6) is 0 Å². The Morgan fingerprint density at radius 1 is 1.12 bits per heavy atom. The van der Waals surface area contributed by atoms with Crippen LogP contribution in [0.15, 0.2) is 35.7 Å². The molecule has 0 saturated heterocycles. The zero-order chi connectivity index (χ0) is 17.7. The summed E-state index contributed by atoms with van der Waals surface area (Å²) < 4.78 is 0. The van der Waals surface area contributed by atoms with E-state index in [1.54, 1.807) is 29.6 Å². The van der Waals surface area contributed by atoms with E-state index < -0.39 is 17.9 Å². The first-order chi connectivity index (χ1) is 11.4. The number of benzene rings is 1. The molecule has 126 valence electrons. The van der Waals surface area contributed by atoms with E-state index in [4.69, 9.17) is 0 Å². The molecule has 0 aliphatic rings. The van der Waals surface area contributed by atoms with Crippen molar-refractivity contribution in [3.8, 4) is 0 Å². The minimum Gasteiger partial charge on any atom is -0.479 e. The first-order valence-corrected chi connectivity index (χ1v) is 8.42. The van der Waals surface area contributed by atoms with Gasteiger partial charge in [0.15, 0.2) is 11.8 Å². The summed E-state index contributed by atoms with van der Waals surface area (Å²) in [4.78, 5) is 36.0. The third kappa shape index (κ3) is 4.52. The number of aliphatic carboxylic acids is 1. The van der Waals surface area contributed by atoms with Crippen molar-refractivity contribution in [3.05, 3.63) is 57.3 Å². The van der Waals surface area contributed by atoms with Gasteiger partial charge in [-0.3, -0.25) is 9.59 Å². The van der Waals surface area contributed by atoms with Gasteiger partial charge in [-0.2, -0.15) is 0 Å². The molecule has 2 N–H and O–H groups in total. The van der Waals surface area contributed by atoms with Crippen molar-refractivity contribution in [1.82, 2.24) is 5.32 Å². The molecular weight excluding hydrogens is 326 g/mol. The quantitative estimate of drug-likeness (QED) is 0.755. The summed E-state index contributed by atoms with van der Waals surface area (Å²) in [5, 5.41) is 13.4. The number of ketones is 1. The maximum atomic E-state index is 12.2. The number of carbonyl (C=O) groups excluding carboxylic acids is 2. The van der Waals surface area contributed by atoms with Crippen molar-refractivity contribution >= 4 is 29.0 Å². The van der Waals surface area contributed by atoms with E-state index in [9.17, 15) is 19.5 Å². The van der Waals surface area contributed by atoms with Crippen LogP contribution in [0, 0.1) is 13.8 Å². The van der Waals surface area contributed by atoms with Crippen LogP contribution in [0.25, 0.3) is 0 Å². The van der Waals surface area contributed by atoms with E-state index >= 15 is 0 Å². The fourth-order valence-corrected chi connectivity index (χ4v) is 3.00.